The van der Waals surface area contributed by atoms with Gasteiger partial charge < -0.3 is 0 Å². The molecular weight excluding hydrogens is 218 g/mol. The first-order valence-corrected chi connectivity index (χ1v) is 5.33. The number of fused-ring (bicyclic) bond motifs is 3. The highest BCUT2D eigenvalue weighted by atomic mass is 35.5. The number of hydrogen-bond donors (Lipinski definition) is 0. The Morgan fingerprint density at radius 1 is 1.06 bits per heavy atom. The molecule has 0 radical (unpaired) electrons. The normalized spacial score (nSPS) is 14.7. The first-order chi connectivity index (χ1) is 8.97. The van der Waals surface area contributed by atoms with Crippen LogP contribution in [-0.2, 0) is 0 Å². The summed E-state index contributed by atoms with van der Waals surface area (Å²) in [4.78, 5) is 4.29. The van der Waals surface area contributed by atoms with E-state index in [1.165, 1.54) is 0 Å². The quantitative estimate of drug-likeness (QED) is 0.523. The Morgan fingerprint density at radius 2 is 1.88 bits per heavy atom. The number of nitrogens with zero attached hydrogens (tertiary/aromatic N) is 1. The van der Waals surface area contributed by atoms with Gasteiger partial charge in [-0.15, -0.1) is 0 Å². The van der Waals surface area contributed by atoms with E-state index in [1.807, 2.05) is 24.3 Å². The molecule has 0 fully saturated rings. The minimum absolute atomic E-state index is 0.123. The number of benzene rings is 2. The second-order valence-corrected chi connectivity index (χ2v) is 4.10. The largest absolute Gasteiger partial charge is 0.252 e. The zero-order valence-corrected chi connectivity index (χ0v) is 9.12. The molecule has 0 atom stereocenters. The Hall–Kier alpha value is -1.60. The van der Waals surface area contributed by atoms with E-state index in [1.54, 1.807) is 18.2 Å². The summed E-state index contributed by atoms with van der Waals surface area (Å²) in [5, 5.41) is 3.01. The lowest BCUT2D eigenvalue weighted by molar-refractivity contribution is 1.29. The minimum Gasteiger partial charge on any atom is -0.252 e. The molecule has 2 heteroatoms. The number of halogens is 1. The second kappa shape index (κ2) is 3.46. The summed E-state index contributed by atoms with van der Waals surface area (Å²) in [5.74, 6) is 0. The van der Waals surface area contributed by atoms with Crippen LogP contribution in [0.2, 0.25) is 5.02 Å². The van der Waals surface area contributed by atoms with E-state index in [2.05, 4.69) is 4.98 Å². The average molecular weight is 231 g/mol. The van der Waals surface area contributed by atoms with Crippen LogP contribution in [-0.4, -0.2) is 4.98 Å². The Kier molecular flexibility index (Phi) is 1.49. The summed E-state index contributed by atoms with van der Waals surface area (Å²) < 4.78 is 22.9. The topological polar surface area (TPSA) is 12.9 Å². The van der Waals surface area contributed by atoms with E-state index in [-0.39, 0.29) is 5.69 Å². The zero-order chi connectivity index (χ0) is 13.6. The van der Waals surface area contributed by atoms with Crippen molar-refractivity contribution in [3.63, 3.8) is 0 Å². The number of hydrogen-bond acceptors (Lipinski definition) is 1. The molecule has 0 amide bonds. The lowest BCUT2D eigenvalue weighted by atomic mass is 10.0. The molecule has 78 valence electrons. The summed E-state index contributed by atoms with van der Waals surface area (Å²) in [7, 11) is 0. The van der Waals surface area contributed by atoms with Crippen LogP contribution in [0.3, 0.4) is 0 Å². The molecule has 2 aromatic carbocycles. The van der Waals surface area contributed by atoms with Gasteiger partial charge in [-0.05, 0) is 24.4 Å². The van der Waals surface area contributed by atoms with Gasteiger partial charge in [-0.3, -0.25) is 4.98 Å². The highest BCUT2D eigenvalue weighted by Crippen LogP contribution is 2.27. The summed E-state index contributed by atoms with van der Waals surface area (Å²) in [6.45, 7) is -2.24. The van der Waals surface area contributed by atoms with Gasteiger partial charge in [0.05, 0.1) is 5.52 Å². The van der Waals surface area contributed by atoms with E-state index < -0.39 is 6.85 Å². The summed E-state index contributed by atoms with van der Waals surface area (Å²) in [5.41, 5.74) is 0.732. The Balaban J connectivity index is 2.54. The fourth-order valence-electron chi connectivity index (χ4n) is 1.93. The highest BCUT2D eigenvalue weighted by molar-refractivity contribution is 6.31. The first-order valence-electron chi connectivity index (χ1n) is 6.45. The van der Waals surface area contributed by atoms with Crippen molar-refractivity contribution in [1.82, 2.24) is 4.98 Å². The molecule has 0 spiro atoms. The maximum atomic E-state index is 7.62. The maximum absolute atomic E-state index is 7.62. The molecule has 0 aliphatic heterocycles. The predicted octanol–water partition coefficient (Wildman–Crippen LogP) is 4.35. The first kappa shape index (κ1) is 6.87. The van der Waals surface area contributed by atoms with E-state index in [4.69, 9.17) is 15.7 Å². The van der Waals surface area contributed by atoms with Crippen LogP contribution in [0.15, 0.2) is 42.5 Å². The van der Waals surface area contributed by atoms with Gasteiger partial charge in [-0.2, -0.15) is 0 Å². The van der Waals surface area contributed by atoms with Gasteiger partial charge in [0.2, 0.25) is 0 Å². The highest BCUT2D eigenvalue weighted by Gasteiger charge is 2.04. The van der Waals surface area contributed by atoms with Gasteiger partial charge in [-0.25, -0.2) is 0 Å². The maximum Gasteiger partial charge on any atom is 0.0726 e. The minimum atomic E-state index is -2.24. The van der Waals surface area contributed by atoms with Crippen molar-refractivity contribution >= 4 is 33.3 Å². The van der Waals surface area contributed by atoms with Gasteiger partial charge >= 0.3 is 0 Å². The van der Waals surface area contributed by atoms with Crippen LogP contribution in [0, 0.1) is 6.85 Å². The molecule has 1 heterocycles. The van der Waals surface area contributed by atoms with Crippen LogP contribution in [0.5, 0.6) is 0 Å². The summed E-state index contributed by atoms with van der Waals surface area (Å²) >= 11 is 5.96. The Labute approximate surface area is 103 Å². The molecule has 1 aromatic heterocycles. The molecular formula is C14H10ClN. The number of aryl methyl sites for hydroxylation is 1. The number of pyridine rings is 1. The van der Waals surface area contributed by atoms with Gasteiger partial charge in [0, 0.05) is 25.6 Å². The van der Waals surface area contributed by atoms with Crippen LogP contribution in [0.4, 0.5) is 0 Å². The van der Waals surface area contributed by atoms with Crippen molar-refractivity contribution < 1.29 is 4.11 Å². The second-order valence-electron chi connectivity index (χ2n) is 3.67. The monoisotopic (exact) mass is 230 g/mol. The van der Waals surface area contributed by atoms with Crippen molar-refractivity contribution in [2.24, 2.45) is 0 Å². The van der Waals surface area contributed by atoms with Crippen molar-refractivity contribution in [3.05, 3.63) is 53.2 Å². The molecule has 3 rings (SSSR count). The summed E-state index contributed by atoms with van der Waals surface area (Å²) in [6.07, 6.45) is 0. The molecule has 16 heavy (non-hydrogen) atoms. The third-order valence-electron chi connectivity index (χ3n) is 2.66. The molecule has 0 aliphatic rings. The van der Waals surface area contributed by atoms with Gasteiger partial charge in [-0.1, -0.05) is 41.9 Å². The zero-order valence-electron chi connectivity index (χ0n) is 11.4. The fourth-order valence-corrected chi connectivity index (χ4v) is 2.10. The lowest BCUT2D eigenvalue weighted by Gasteiger charge is -2.06. The van der Waals surface area contributed by atoms with Gasteiger partial charge in [0.1, 0.15) is 0 Å². The molecule has 0 saturated heterocycles. The van der Waals surface area contributed by atoms with E-state index in [0.717, 1.165) is 10.8 Å². The number of aromatic nitrogens is 1. The van der Waals surface area contributed by atoms with Crippen LogP contribution in [0.1, 0.15) is 9.81 Å². The fraction of sp³-hybridized carbons (Fsp3) is 0.0714. The van der Waals surface area contributed by atoms with Gasteiger partial charge in [0.25, 0.3) is 0 Å². The van der Waals surface area contributed by atoms with E-state index >= 15 is 0 Å². The van der Waals surface area contributed by atoms with Crippen LogP contribution < -0.4 is 0 Å². The third-order valence-corrected chi connectivity index (χ3v) is 2.90. The van der Waals surface area contributed by atoms with Gasteiger partial charge in [0.15, 0.2) is 0 Å². The standard InChI is InChI=1S/C14H10ClN/c1-9-11-4-2-3-5-12(11)13-7-6-10(15)8-14(13)16-9/h2-8H,1H3/i1D3. The van der Waals surface area contributed by atoms with Crippen LogP contribution >= 0.6 is 11.6 Å². The third kappa shape index (κ3) is 1.36. The average Bonchev–Trinajstić information content (AvgIpc) is 2.36. The Bertz CT molecular complexity index is 781. The summed E-state index contributed by atoms with van der Waals surface area (Å²) in [6, 6.07) is 12.8. The molecule has 0 bridgehead atoms. The predicted molar refractivity (Wildman–Crippen MR) is 69.0 cm³/mol. The van der Waals surface area contributed by atoms with Crippen molar-refractivity contribution in [2.75, 3.05) is 0 Å². The van der Waals surface area contributed by atoms with E-state index in [9.17, 15) is 0 Å². The molecule has 0 N–H and O–H groups in total. The molecule has 1 nitrogen and oxygen atoms in total. The number of rotatable bonds is 0. The van der Waals surface area contributed by atoms with E-state index in [0.29, 0.717) is 15.9 Å². The smallest absolute Gasteiger partial charge is 0.0726 e. The SMILES string of the molecule is [2H]C([2H])([2H])c1nc2cc(Cl)ccc2c2ccccc12. The van der Waals surface area contributed by atoms with Crippen molar-refractivity contribution in [3.8, 4) is 0 Å². The molecule has 0 aliphatic carbocycles. The molecule has 0 saturated carbocycles. The lowest BCUT2D eigenvalue weighted by Crippen LogP contribution is -1.87. The molecule has 3 aromatic rings. The molecule has 0 unspecified atom stereocenters. The Morgan fingerprint density at radius 3 is 2.69 bits per heavy atom. The van der Waals surface area contributed by atoms with Crippen LogP contribution in [0.25, 0.3) is 21.7 Å². The van der Waals surface area contributed by atoms with Crippen molar-refractivity contribution in [2.45, 2.75) is 6.85 Å². The van der Waals surface area contributed by atoms with Crippen molar-refractivity contribution in [1.29, 1.82) is 0 Å².